The molecule has 2 N–H and O–H groups in total. The number of aromatic hydroxyl groups is 2. The normalized spacial score (nSPS) is 10.7. The molecule has 0 spiro atoms. The van der Waals surface area contributed by atoms with Crippen molar-refractivity contribution >= 4 is 17.6 Å². The highest BCUT2D eigenvalue weighted by molar-refractivity contribution is 6.33. The molecule has 0 aromatic heterocycles. The Balaban J connectivity index is 2.90. The molecule has 1 rings (SSSR count). The molecule has 0 unspecified atom stereocenters. The average molecular weight is 328 g/mol. The Morgan fingerprint density at radius 3 is 2.32 bits per heavy atom. The molecule has 0 aliphatic heterocycles. The number of phenols is 2. The van der Waals surface area contributed by atoms with Gasteiger partial charge < -0.3 is 14.9 Å². The molecule has 0 amide bonds. The van der Waals surface area contributed by atoms with Crippen molar-refractivity contribution in [2.75, 3.05) is 7.11 Å². The van der Waals surface area contributed by atoms with Crippen LogP contribution in [0.4, 0.5) is 0 Å². The number of hydrogen-bond donors (Lipinski definition) is 2. The zero-order valence-corrected chi connectivity index (χ0v) is 14.0. The lowest BCUT2D eigenvalue weighted by molar-refractivity contribution is 0.0596. The van der Waals surface area contributed by atoms with Gasteiger partial charge in [0.2, 0.25) is 0 Å². The fraction of sp³-hybridized carbons (Fsp3) is 0.529. The van der Waals surface area contributed by atoms with E-state index in [-0.39, 0.29) is 22.1 Å². The van der Waals surface area contributed by atoms with Crippen molar-refractivity contribution in [3.8, 4) is 11.5 Å². The highest BCUT2D eigenvalue weighted by Crippen LogP contribution is 2.41. The van der Waals surface area contributed by atoms with Crippen LogP contribution in [-0.2, 0) is 11.2 Å². The molecule has 4 nitrogen and oxygen atoms in total. The van der Waals surface area contributed by atoms with Crippen LogP contribution in [0.15, 0.2) is 0 Å². The molecule has 0 bridgehead atoms. The summed E-state index contributed by atoms with van der Waals surface area (Å²) >= 11 is 6.07. The molecule has 22 heavy (non-hydrogen) atoms. The second kappa shape index (κ2) is 8.89. The maximum atomic E-state index is 11.8. The first-order chi connectivity index (χ1) is 10.5. The van der Waals surface area contributed by atoms with Gasteiger partial charge >= 0.3 is 5.97 Å². The third-order valence-corrected chi connectivity index (χ3v) is 4.25. The lowest BCUT2D eigenvalue weighted by Gasteiger charge is -2.15. The van der Waals surface area contributed by atoms with Gasteiger partial charge in [-0.15, -0.1) is 0 Å². The van der Waals surface area contributed by atoms with Gasteiger partial charge in [-0.05, 0) is 25.3 Å². The minimum Gasteiger partial charge on any atom is -0.507 e. The SMILES string of the molecule is [CH2]CCCCCCCc1c(O)c(Cl)c(C)c(C(=O)OC)c1O. The quantitative estimate of drug-likeness (QED) is 0.542. The number of carbonyl (C=O) groups excluding carboxylic acids is 1. The molecule has 0 atom stereocenters. The van der Waals surface area contributed by atoms with E-state index >= 15 is 0 Å². The lowest BCUT2D eigenvalue weighted by Crippen LogP contribution is -2.07. The van der Waals surface area contributed by atoms with E-state index in [1.54, 1.807) is 6.92 Å². The molecule has 123 valence electrons. The Bertz CT molecular complexity index is 526. The van der Waals surface area contributed by atoms with Crippen molar-refractivity contribution in [2.45, 2.75) is 51.9 Å². The summed E-state index contributed by atoms with van der Waals surface area (Å²) in [6.45, 7) is 5.37. The van der Waals surface area contributed by atoms with Crippen LogP contribution in [0.5, 0.6) is 11.5 Å². The first-order valence-corrected chi connectivity index (χ1v) is 7.93. The van der Waals surface area contributed by atoms with Crippen molar-refractivity contribution in [1.29, 1.82) is 0 Å². The molecular formula is C17H24ClO4. The van der Waals surface area contributed by atoms with Gasteiger partial charge in [-0.3, -0.25) is 0 Å². The van der Waals surface area contributed by atoms with E-state index < -0.39 is 5.97 Å². The van der Waals surface area contributed by atoms with Crippen molar-refractivity contribution in [2.24, 2.45) is 0 Å². The number of halogens is 1. The molecule has 1 aromatic carbocycles. The molecule has 5 heteroatoms. The van der Waals surface area contributed by atoms with E-state index in [4.69, 9.17) is 11.6 Å². The zero-order chi connectivity index (χ0) is 16.7. The highest BCUT2D eigenvalue weighted by atomic mass is 35.5. The van der Waals surface area contributed by atoms with Gasteiger partial charge in [0.25, 0.3) is 0 Å². The standard InChI is InChI=1S/C17H24ClO4/c1-4-5-6-7-8-9-10-12-15(19)13(17(21)22-3)11(2)14(18)16(12)20/h19-20H,1,4-10H2,2-3H3. The van der Waals surface area contributed by atoms with Gasteiger partial charge in [0, 0.05) is 5.56 Å². The Morgan fingerprint density at radius 1 is 1.14 bits per heavy atom. The van der Waals surface area contributed by atoms with Crippen molar-refractivity contribution in [3.63, 3.8) is 0 Å². The first kappa shape index (κ1) is 18.6. The molecule has 1 aromatic rings. The number of carbonyl (C=O) groups is 1. The fourth-order valence-corrected chi connectivity index (χ4v) is 2.67. The lowest BCUT2D eigenvalue weighted by atomic mass is 9.97. The van der Waals surface area contributed by atoms with Gasteiger partial charge in [0.15, 0.2) is 0 Å². The zero-order valence-electron chi connectivity index (χ0n) is 13.2. The minimum absolute atomic E-state index is 0.0253. The molecule has 0 aliphatic carbocycles. The maximum Gasteiger partial charge on any atom is 0.341 e. The highest BCUT2D eigenvalue weighted by Gasteiger charge is 2.24. The Labute approximate surface area is 137 Å². The first-order valence-electron chi connectivity index (χ1n) is 7.56. The molecule has 1 radical (unpaired) electrons. The topological polar surface area (TPSA) is 66.8 Å². The molecular weight excluding hydrogens is 304 g/mol. The maximum absolute atomic E-state index is 11.8. The Kier molecular flexibility index (Phi) is 7.52. The Morgan fingerprint density at radius 2 is 1.73 bits per heavy atom. The van der Waals surface area contributed by atoms with Gasteiger partial charge in [0.1, 0.15) is 17.1 Å². The summed E-state index contributed by atoms with van der Waals surface area (Å²) in [6, 6.07) is 0. The monoisotopic (exact) mass is 327 g/mol. The summed E-state index contributed by atoms with van der Waals surface area (Å²) in [6.07, 6.45) is 6.52. The van der Waals surface area contributed by atoms with E-state index in [2.05, 4.69) is 11.7 Å². The van der Waals surface area contributed by atoms with Crippen LogP contribution < -0.4 is 0 Å². The number of esters is 1. The average Bonchev–Trinajstić information content (AvgIpc) is 2.51. The largest absolute Gasteiger partial charge is 0.507 e. The molecule has 0 fully saturated rings. The predicted molar refractivity (Wildman–Crippen MR) is 87.6 cm³/mol. The number of unbranched alkanes of at least 4 members (excludes halogenated alkanes) is 5. The summed E-state index contributed by atoms with van der Waals surface area (Å²) < 4.78 is 4.67. The Hall–Kier alpha value is -1.42. The van der Waals surface area contributed by atoms with Gasteiger partial charge in [-0.25, -0.2) is 4.79 Å². The van der Waals surface area contributed by atoms with E-state index in [9.17, 15) is 15.0 Å². The minimum atomic E-state index is -0.659. The summed E-state index contributed by atoms with van der Waals surface area (Å²) in [5.41, 5.74) is 0.660. The van der Waals surface area contributed by atoms with Crippen LogP contribution in [0.2, 0.25) is 5.02 Å². The van der Waals surface area contributed by atoms with Gasteiger partial charge in [-0.2, -0.15) is 0 Å². The number of methoxy groups -OCH3 is 1. The van der Waals surface area contributed by atoms with E-state index in [0.717, 1.165) is 38.5 Å². The van der Waals surface area contributed by atoms with Crippen LogP contribution in [0.1, 0.15) is 60.0 Å². The van der Waals surface area contributed by atoms with Crippen molar-refractivity contribution in [1.82, 2.24) is 0 Å². The number of phenolic OH excluding ortho intramolecular Hbond substituents is 2. The van der Waals surface area contributed by atoms with Crippen molar-refractivity contribution in [3.05, 3.63) is 28.6 Å². The van der Waals surface area contributed by atoms with Gasteiger partial charge in [-0.1, -0.05) is 50.6 Å². The number of benzene rings is 1. The van der Waals surface area contributed by atoms with E-state index in [1.807, 2.05) is 0 Å². The fourth-order valence-electron chi connectivity index (χ4n) is 2.46. The van der Waals surface area contributed by atoms with E-state index in [0.29, 0.717) is 17.5 Å². The molecule has 0 saturated heterocycles. The molecule has 0 aliphatic rings. The second-order valence-corrected chi connectivity index (χ2v) is 5.73. The van der Waals surface area contributed by atoms with Crippen LogP contribution in [0.25, 0.3) is 0 Å². The summed E-state index contributed by atoms with van der Waals surface area (Å²) in [5, 5.41) is 20.5. The summed E-state index contributed by atoms with van der Waals surface area (Å²) in [4.78, 5) is 11.8. The third kappa shape index (κ3) is 4.29. The smallest absolute Gasteiger partial charge is 0.341 e. The van der Waals surface area contributed by atoms with Crippen LogP contribution in [0.3, 0.4) is 0 Å². The van der Waals surface area contributed by atoms with Crippen LogP contribution in [0, 0.1) is 13.8 Å². The van der Waals surface area contributed by atoms with Gasteiger partial charge in [0.05, 0.1) is 12.1 Å². The predicted octanol–water partition coefficient (Wildman–Crippen LogP) is 4.56. The van der Waals surface area contributed by atoms with Crippen molar-refractivity contribution < 1.29 is 19.7 Å². The molecule has 0 saturated carbocycles. The number of rotatable bonds is 8. The second-order valence-electron chi connectivity index (χ2n) is 5.35. The summed E-state index contributed by atoms with van der Waals surface area (Å²) in [5.74, 6) is -1.04. The van der Waals surface area contributed by atoms with Crippen LogP contribution in [-0.4, -0.2) is 23.3 Å². The third-order valence-electron chi connectivity index (χ3n) is 3.79. The summed E-state index contributed by atoms with van der Waals surface area (Å²) in [7, 11) is 1.24. The molecule has 0 heterocycles. The van der Waals surface area contributed by atoms with Crippen LogP contribution >= 0.6 is 11.6 Å². The number of hydrogen-bond acceptors (Lipinski definition) is 4. The number of ether oxygens (including phenoxy) is 1. The van der Waals surface area contributed by atoms with E-state index in [1.165, 1.54) is 7.11 Å².